The fraction of sp³-hybridized carbons (Fsp3) is 0.300. The van der Waals surface area contributed by atoms with Crippen molar-refractivity contribution in [3.8, 4) is 6.07 Å². The molecular weight excluding hydrogens is 153 g/mol. The number of halogens is 1. The lowest BCUT2D eigenvalue weighted by molar-refractivity contribution is 0.610. The highest BCUT2D eigenvalue weighted by Crippen LogP contribution is 2.41. The summed E-state index contributed by atoms with van der Waals surface area (Å²) in [4.78, 5) is 0. The van der Waals surface area contributed by atoms with Gasteiger partial charge in [-0.3, -0.25) is 0 Å². The van der Waals surface area contributed by atoms with Gasteiger partial charge in [0.15, 0.2) is 0 Å². The first kappa shape index (κ1) is 7.30. The van der Waals surface area contributed by atoms with Crippen LogP contribution in [0.25, 0.3) is 0 Å². The van der Waals surface area contributed by atoms with E-state index in [1.807, 2.05) is 6.07 Å². The lowest BCUT2D eigenvalue weighted by atomic mass is 10.1. The second kappa shape index (κ2) is 2.60. The topological polar surface area (TPSA) is 23.8 Å². The van der Waals surface area contributed by atoms with E-state index < -0.39 is 0 Å². The number of nitriles is 1. The predicted molar refractivity (Wildman–Crippen MR) is 43.1 cm³/mol. The van der Waals surface area contributed by atoms with Crippen molar-refractivity contribution in [3.63, 3.8) is 0 Å². The molecule has 0 heterocycles. The van der Waals surface area contributed by atoms with Gasteiger partial charge in [-0.1, -0.05) is 6.07 Å². The summed E-state index contributed by atoms with van der Waals surface area (Å²) in [6.07, 6.45) is 2.17. The van der Waals surface area contributed by atoms with E-state index >= 15 is 0 Å². The Morgan fingerprint density at radius 1 is 1.42 bits per heavy atom. The normalized spacial score (nSPS) is 15.7. The standard InChI is InChI=1S/C10H8FN/c11-10-5-7(6-12)1-4-9(10)8-2-3-8/h1,4-5,8H,2-3H2. The molecule has 2 rings (SSSR count). The van der Waals surface area contributed by atoms with Gasteiger partial charge in [-0.15, -0.1) is 0 Å². The summed E-state index contributed by atoms with van der Waals surface area (Å²) in [5.74, 6) is 0.189. The molecule has 0 aromatic heterocycles. The van der Waals surface area contributed by atoms with Crippen molar-refractivity contribution < 1.29 is 4.39 Å². The fourth-order valence-corrected chi connectivity index (χ4v) is 1.32. The Kier molecular flexibility index (Phi) is 1.58. The molecule has 1 aliphatic rings. The Hall–Kier alpha value is -1.36. The number of benzene rings is 1. The van der Waals surface area contributed by atoms with Gasteiger partial charge in [0.05, 0.1) is 11.6 Å². The highest BCUT2D eigenvalue weighted by molar-refractivity contribution is 5.35. The first-order valence-corrected chi connectivity index (χ1v) is 4.01. The van der Waals surface area contributed by atoms with Crippen LogP contribution >= 0.6 is 0 Å². The SMILES string of the molecule is N#Cc1ccc(C2CC2)c(F)c1. The lowest BCUT2D eigenvalue weighted by Crippen LogP contribution is -1.87. The molecule has 1 nitrogen and oxygen atoms in total. The van der Waals surface area contributed by atoms with Gasteiger partial charge in [-0.25, -0.2) is 4.39 Å². The molecule has 0 amide bonds. The second-order valence-electron chi connectivity index (χ2n) is 3.12. The smallest absolute Gasteiger partial charge is 0.127 e. The van der Waals surface area contributed by atoms with Crippen LogP contribution in [0, 0.1) is 17.1 Å². The molecule has 1 aromatic rings. The largest absolute Gasteiger partial charge is 0.207 e. The molecule has 0 radical (unpaired) electrons. The minimum absolute atomic E-state index is 0.225. The first-order valence-electron chi connectivity index (χ1n) is 4.01. The molecule has 1 aromatic carbocycles. The van der Waals surface area contributed by atoms with Gasteiger partial charge in [0.2, 0.25) is 0 Å². The summed E-state index contributed by atoms with van der Waals surface area (Å²) in [5, 5.41) is 8.49. The van der Waals surface area contributed by atoms with E-state index in [0.29, 0.717) is 11.5 Å². The third-order valence-electron chi connectivity index (χ3n) is 2.15. The molecule has 1 fully saturated rings. The van der Waals surface area contributed by atoms with E-state index in [9.17, 15) is 4.39 Å². The molecule has 0 bridgehead atoms. The molecule has 0 N–H and O–H groups in total. The molecule has 0 unspecified atom stereocenters. The van der Waals surface area contributed by atoms with Gasteiger partial charge < -0.3 is 0 Å². The summed E-state index contributed by atoms with van der Waals surface area (Å²) in [5.41, 5.74) is 1.17. The van der Waals surface area contributed by atoms with E-state index in [0.717, 1.165) is 18.4 Å². The highest BCUT2D eigenvalue weighted by atomic mass is 19.1. The van der Waals surface area contributed by atoms with Gasteiger partial charge in [0.25, 0.3) is 0 Å². The van der Waals surface area contributed by atoms with Gasteiger partial charge in [0.1, 0.15) is 5.82 Å². The minimum atomic E-state index is -0.225. The Morgan fingerprint density at radius 3 is 2.67 bits per heavy atom. The van der Waals surface area contributed by atoms with E-state index in [-0.39, 0.29) is 5.82 Å². The van der Waals surface area contributed by atoms with E-state index in [1.54, 1.807) is 12.1 Å². The van der Waals surface area contributed by atoms with Crippen LogP contribution in [-0.4, -0.2) is 0 Å². The number of nitrogens with zero attached hydrogens (tertiary/aromatic N) is 1. The molecule has 0 atom stereocenters. The van der Waals surface area contributed by atoms with E-state index in [4.69, 9.17) is 5.26 Å². The van der Waals surface area contributed by atoms with Crippen LogP contribution in [0.4, 0.5) is 4.39 Å². The molecule has 1 saturated carbocycles. The average Bonchev–Trinajstić information content (AvgIpc) is 2.87. The van der Waals surface area contributed by atoms with Gasteiger partial charge in [-0.05, 0) is 36.5 Å². The molecule has 1 aliphatic carbocycles. The molecular formula is C10H8FN. The van der Waals surface area contributed by atoms with Crippen molar-refractivity contribution >= 4 is 0 Å². The summed E-state index contributed by atoms with van der Waals surface area (Å²) in [6.45, 7) is 0. The van der Waals surface area contributed by atoms with E-state index in [2.05, 4.69) is 0 Å². The molecule has 0 saturated heterocycles. The Labute approximate surface area is 70.4 Å². The molecule has 12 heavy (non-hydrogen) atoms. The van der Waals surface area contributed by atoms with Crippen LogP contribution in [0.3, 0.4) is 0 Å². The Balaban J connectivity index is 2.40. The van der Waals surface area contributed by atoms with Crippen LogP contribution < -0.4 is 0 Å². The molecule has 0 spiro atoms. The van der Waals surface area contributed by atoms with Gasteiger partial charge in [-0.2, -0.15) is 5.26 Å². The number of rotatable bonds is 1. The van der Waals surface area contributed by atoms with Crippen molar-refractivity contribution in [2.24, 2.45) is 0 Å². The molecule has 60 valence electrons. The summed E-state index contributed by atoms with van der Waals surface area (Å²) in [7, 11) is 0. The monoisotopic (exact) mass is 161 g/mol. The zero-order valence-electron chi connectivity index (χ0n) is 6.55. The second-order valence-corrected chi connectivity index (χ2v) is 3.12. The zero-order chi connectivity index (χ0) is 8.55. The molecule has 0 aliphatic heterocycles. The van der Waals surface area contributed by atoms with Crippen LogP contribution in [0.15, 0.2) is 18.2 Å². The van der Waals surface area contributed by atoms with E-state index in [1.165, 1.54) is 6.07 Å². The van der Waals surface area contributed by atoms with Crippen molar-refractivity contribution in [1.29, 1.82) is 5.26 Å². The Bertz CT molecular complexity index is 347. The number of hydrogen-bond donors (Lipinski definition) is 0. The van der Waals surface area contributed by atoms with Crippen LogP contribution in [0.2, 0.25) is 0 Å². The summed E-state index contributed by atoms with van der Waals surface area (Å²) >= 11 is 0. The lowest BCUT2D eigenvalue weighted by Gasteiger charge is -1.99. The van der Waals surface area contributed by atoms with Gasteiger partial charge >= 0.3 is 0 Å². The fourth-order valence-electron chi connectivity index (χ4n) is 1.32. The zero-order valence-corrected chi connectivity index (χ0v) is 6.55. The first-order chi connectivity index (χ1) is 5.81. The van der Waals surface area contributed by atoms with Crippen molar-refractivity contribution in [1.82, 2.24) is 0 Å². The van der Waals surface area contributed by atoms with Crippen molar-refractivity contribution in [2.75, 3.05) is 0 Å². The predicted octanol–water partition coefficient (Wildman–Crippen LogP) is 2.57. The highest BCUT2D eigenvalue weighted by Gasteiger charge is 2.26. The number of hydrogen-bond acceptors (Lipinski definition) is 1. The third-order valence-corrected chi connectivity index (χ3v) is 2.15. The van der Waals surface area contributed by atoms with Crippen LogP contribution in [-0.2, 0) is 0 Å². The third kappa shape index (κ3) is 1.18. The maximum Gasteiger partial charge on any atom is 0.127 e. The van der Waals surface area contributed by atoms with Crippen LogP contribution in [0.5, 0.6) is 0 Å². The van der Waals surface area contributed by atoms with Crippen molar-refractivity contribution in [2.45, 2.75) is 18.8 Å². The van der Waals surface area contributed by atoms with Crippen LogP contribution in [0.1, 0.15) is 29.9 Å². The maximum absolute atomic E-state index is 13.2. The van der Waals surface area contributed by atoms with Crippen molar-refractivity contribution in [3.05, 3.63) is 35.1 Å². The Morgan fingerprint density at radius 2 is 2.17 bits per heavy atom. The maximum atomic E-state index is 13.2. The van der Waals surface area contributed by atoms with Gasteiger partial charge in [0, 0.05) is 0 Å². The summed E-state index contributed by atoms with van der Waals surface area (Å²) in [6, 6.07) is 6.63. The minimum Gasteiger partial charge on any atom is -0.207 e. The molecule has 2 heteroatoms. The summed E-state index contributed by atoms with van der Waals surface area (Å²) < 4.78 is 13.2. The average molecular weight is 161 g/mol. The quantitative estimate of drug-likeness (QED) is 0.621.